The lowest BCUT2D eigenvalue weighted by atomic mass is 10.2. The van der Waals surface area contributed by atoms with Crippen molar-refractivity contribution in [1.82, 2.24) is 9.78 Å². The van der Waals surface area contributed by atoms with Crippen LogP contribution >= 0.6 is 0 Å². The molecule has 0 aliphatic carbocycles. The molecule has 0 aliphatic rings. The van der Waals surface area contributed by atoms with Crippen LogP contribution in [0.4, 0.5) is 5.82 Å². The Kier molecular flexibility index (Phi) is 4.43. The topological polar surface area (TPSA) is 114 Å². The Morgan fingerprint density at radius 1 is 1.12 bits per heavy atom. The SMILES string of the molecule is N#Cc1cnn(-c2ccc(S(N)(=O)=O)cc2)c1N=Cc1ccccc1. The van der Waals surface area contributed by atoms with Crippen LogP contribution in [0.1, 0.15) is 11.1 Å². The van der Waals surface area contributed by atoms with Gasteiger partial charge in [0.05, 0.1) is 16.8 Å². The summed E-state index contributed by atoms with van der Waals surface area (Å²) in [6.07, 6.45) is 3.04. The number of hydrogen-bond donors (Lipinski definition) is 1. The van der Waals surface area contributed by atoms with Crippen LogP contribution in [-0.2, 0) is 10.0 Å². The lowest BCUT2D eigenvalue weighted by molar-refractivity contribution is 0.598. The van der Waals surface area contributed by atoms with Crippen molar-refractivity contribution >= 4 is 22.1 Å². The van der Waals surface area contributed by atoms with Gasteiger partial charge in [0.1, 0.15) is 11.6 Å². The summed E-state index contributed by atoms with van der Waals surface area (Å²) in [6.45, 7) is 0. The van der Waals surface area contributed by atoms with Crippen LogP contribution < -0.4 is 5.14 Å². The van der Waals surface area contributed by atoms with E-state index in [1.165, 1.54) is 23.0 Å². The van der Waals surface area contributed by atoms with Crippen LogP contribution in [0.25, 0.3) is 5.69 Å². The third-order valence-corrected chi connectivity index (χ3v) is 4.34. The maximum absolute atomic E-state index is 11.3. The van der Waals surface area contributed by atoms with Crippen LogP contribution in [0.3, 0.4) is 0 Å². The van der Waals surface area contributed by atoms with Gasteiger partial charge in [0.15, 0.2) is 5.82 Å². The first-order valence-corrected chi connectivity index (χ1v) is 8.74. The molecular weight excluding hydrogens is 338 g/mol. The first-order valence-electron chi connectivity index (χ1n) is 7.19. The van der Waals surface area contributed by atoms with Gasteiger partial charge in [-0.2, -0.15) is 10.4 Å². The highest BCUT2D eigenvalue weighted by Gasteiger charge is 2.13. The van der Waals surface area contributed by atoms with E-state index in [0.29, 0.717) is 17.1 Å². The minimum atomic E-state index is -3.77. The Morgan fingerprint density at radius 2 is 1.80 bits per heavy atom. The summed E-state index contributed by atoms with van der Waals surface area (Å²) in [7, 11) is -3.77. The van der Waals surface area contributed by atoms with Crippen molar-refractivity contribution in [2.75, 3.05) is 0 Å². The van der Waals surface area contributed by atoms with E-state index in [1.54, 1.807) is 18.3 Å². The molecule has 0 spiro atoms. The summed E-state index contributed by atoms with van der Waals surface area (Å²) < 4.78 is 24.2. The fourth-order valence-corrected chi connectivity index (χ4v) is 2.70. The van der Waals surface area contributed by atoms with Gasteiger partial charge in [-0.1, -0.05) is 30.3 Å². The van der Waals surface area contributed by atoms with E-state index in [4.69, 9.17) is 5.14 Å². The molecule has 7 nitrogen and oxygen atoms in total. The molecule has 124 valence electrons. The van der Waals surface area contributed by atoms with Crippen molar-refractivity contribution < 1.29 is 8.42 Å². The van der Waals surface area contributed by atoms with E-state index in [-0.39, 0.29) is 4.90 Å². The van der Waals surface area contributed by atoms with Crippen LogP contribution in [0, 0.1) is 11.3 Å². The van der Waals surface area contributed by atoms with Crippen LogP contribution in [0.15, 0.2) is 70.7 Å². The third kappa shape index (κ3) is 3.63. The fraction of sp³-hybridized carbons (Fsp3) is 0. The van der Waals surface area contributed by atoms with Crippen molar-refractivity contribution in [3.8, 4) is 11.8 Å². The second-order valence-corrected chi connectivity index (χ2v) is 6.67. The monoisotopic (exact) mass is 351 g/mol. The number of benzene rings is 2. The van der Waals surface area contributed by atoms with Gasteiger partial charge in [-0.05, 0) is 29.8 Å². The zero-order chi connectivity index (χ0) is 17.9. The molecule has 25 heavy (non-hydrogen) atoms. The molecule has 0 saturated heterocycles. The number of nitrogens with two attached hydrogens (primary N) is 1. The number of sulfonamides is 1. The predicted molar refractivity (Wildman–Crippen MR) is 93.3 cm³/mol. The molecule has 0 saturated carbocycles. The number of aliphatic imine (C=N–C) groups is 1. The largest absolute Gasteiger partial charge is 0.238 e. The lowest BCUT2D eigenvalue weighted by Gasteiger charge is -2.05. The van der Waals surface area contributed by atoms with E-state index < -0.39 is 10.0 Å². The molecular formula is C17H13N5O2S. The highest BCUT2D eigenvalue weighted by molar-refractivity contribution is 7.89. The Bertz CT molecular complexity index is 1060. The van der Waals surface area contributed by atoms with Gasteiger partial charge in [0.2, 0.25) is 10.0 Å². The number of hydrogen-bond acceptors (Lipinski definition) is 5. The van der Waals surface area contributed by atoms with Crippen molar-refractivity contribution in [2.45, 2.75) is 4.90 Å². The highest BCUT2D eigenvalue weighted by atomic mass is 32.2. The fourth-order valence-electron chi connectivity index (χ4n) is 2.19. The zero-order valence-corrected chi connectivity index (χ0v) is 13.8. The van der Waals surface area contributed by atoms with Crippen LogP contribution in [0.5, 0.6) is 0 Å². The van der Waals surface area contributed by atoms with Crippen LogP contribution in [-0.4, -0.2) is 24.4 Å². The summed E-state index contributed by atoms with van der Waals surface area (Å²) in [6, 6.07) is 17.3. The number of nitrogens with zero attached hydrogens (tertiary/aromatic N) is 4. The van der Waals surface area contributed by atoms with Crippen molar-refractivity contribution in [3.63, 3.8) is 0 Å². The third-order valence-electron chi connectivity index (χ3n) is 3.41. The second kappa shape index (κ2) is 6.68. The number of aromatic nitrogens is 2. The average molecular weight is 351 g/mol. The normalized spacial score (nSPS) is 11.5. The lowest BCUT2D eigenvalue weighted by Crippen LogP contribution is -2.12. The summed E-state index contributed by atoms with van der Waals surface area (Å²) in [5.74, 6) is 0.356. The molecule has 0 atom stereocenters. The van der Waals surface area contributed by atoms with Gasteiger partial charge in [0, 0.05) is 6.21 Å². The molecule has 1 aromatic heterocycles. The summed E-state index contributed by atoms with van der Waals surface area (Å²) >= 11 is 0. The molecule has 0 radical (unpaired) electrons. The van der Waals surface area contributed by atoms with Gasteiger partial charge in [-0.25, -0.2) is 23.2 Å². The first-order chi connectivity index (χ1) is 12.0. The van der Waals surface area contributed by atoms with E-state index >= 15 is 0 Å². The predicted octanol–water partition coefficient (Wildman–Crippen LogP) is 2.14. The molecule has 3 rings (SSSR count). The smallest absolute Gasteiger partial charge is 0.235 e. The van der Waals surface area contributed by atoms with E-state index in [9.17, 15) is 13.7 Å². The average Bonchev–Trinajstić information content (AvgIpc) is 3.03. The van der Waals surface area contributed by atoms with Gasteiger partial charge in [0.25, 0.3) is 0 Å². The zero-order valence-electron chi connectivity index (χ0n) is 12.9. The second-order valence-electron chi connectivity index (χ2n) is 5.11. The molecule has 0 fully saturated rings. The minimum absolute atomic E-state index is 0.00162. The van der Waals surface area contributed by atoms with Crippen molar-refractivity contribution in [3.05, 3.63) is 71.9 Å². The van der Waals surface area contributed by atoms with Gasteiger partial charge in [-0.3, -0.25) is 0 Å². The van der Waals surface area contributed by atoms with E-state index in [0.717, 1.165) is 5.56 Å². The summed E-state index contributed by atoms with van der Waals surface area (Å²) in [5, 5.41) is 18.5. The number of primary sulfonamides is 1. The molecule has 0 aliphatic heterocycles. The maximum Gasteiger partial charge on any atom is 0.238 e. The minimum Gasteiger partial charge on any atom is -0.235 e. The van der Waals surface area contributed by atoms with E-state index in [2.05, 4.69) is 10.1 Å². The van der Waals surface area contributed by atoms with Crippen molar-refractivity contribution in [2.24, 2.45) is 10.1 Å². The molecule has 1 heterocycles. The van der Waals surface area contributed by atoms with Gasteiger partial charge in [-0.15, -0.1) is 0 Å². The molecule has 2 aromatic carbocycles. The molecule has 0 bridgehead atoms. The Hall–Kier alpha value is -3.28. The van der Waals surface area contributed by atoms with E-state index in [1.807, 2.05) is 36.4 Å². The summed E-state index contributed by atoms with van der Waals surface area (Å²) in [5.41, 5.74) is 1.75. The Morgan fingerprint density at radius 3 is 2.40 bits per heavy atom. The summed E-state index contributed by atoms with van der Waals surface area (Å²) in [4.78, 5) is 4.36. The number of rotatable bonds is 4. The molecule has 2 N–H and O–H groups in total. The first kappa shape index (κ1) is 16.6. The molecule has 0 unspecified atom stereocenters. The quantitative estimate of drug-likeness (QED) is 0.725. The Balaban J connectivity index is 2.02. The highest BCUT2D eigenvalue weighted by Crippen LogP contribution is 2.23. The van der Waals surface area contributed by atoms with Gasteiger partial charge < -0.3 is 0 Å². The molecule has 3 aromatic rings. The van der Waals surface area contributed by atoms with Crippen LogP contribution in [0.2, 0.25) is 0 Å². The molecule has 0 amide bonds. The standard InChI is InChI=1S/C17H13N5O2S/c18-10-14-12-21-22(15-6-8-16(9-7-15)25(19,23)24)17(14)20-11-13-4-2-1-3-5-13/h1-9,11-12H,(H2,19,23,24). The maximum atomic E-state index is 11.3. The Labute approximate surface area is 144 Å². The van der Waals surface area contributed by atoms with Crippen molar-refractivity contribution in [1.29, 1.82) is 5.26 Å². The number of nitriles is 1. The van der Waals surface area contributed by atoms with Gasteiger partial charge >= 0.3 is 0 Å². The molecule has 8 heteroatoms.